The van der Waals surface area contributed by atoms with Crippen LogP contribution in [0.3, 0.4) is 0 Å². The molecule has 2 aromatic heterocycles. The minimum Gasteiger partial charge on any atom is -0.202 e. The van der Waals surface area contributed by atoms with Gasteiger partial charge in [-0.1, -0.05) is 22.0 Å². The second kappa shape index (κ2) is 3.76. The normalized spacial score (nSPS) is 10.8. The third kappa shape index (κ3) is 1.63. The average molecular weight is 274 g/mol. The smallest absolute Gasteiger partial charge is 0.202 e. The molecule has 0 amide bonds. The van der Waals surface area contributed by atoms with Crippen molar-refractivity contribution in [2.24, 2.45) is 0 Å². The standard InChI is InChI=1S/C13H10BrN2/c14-11-4-6-12(7-5-11)16-9-13-3-1-2-8-15(13)10-16/h1-10H/q+1. The highest BCUT2D eigenvalue weighted by Gasteiger charge is 2.07. The van der Waals surface area contributed by atoms with Crippen molar-refractivity contribution in [1.82, 2.24) is 4.40 Å². The van der Waals surface area contributed by atoms with Crippen LogP contribution in [0.25, 0.3) is 11.2 Å². The Hall–Kier alpha value is -1.61. The minimum atomic E-state index is 1.10. The van der Waals surface area contributed by atoms with Gasteiger partial charge in [-0.05, 0) is 36.4 Å². The second-order valence-corrected chi connectivity index (χ2v) is 4.58. The van der Waals surface area contributed by atoms with E-state index in [0.29, 0.717) is 0 Å². The molecule has 1 aromatic carbocycles. The molecule has 3 rings (SSSR count). The number of nitrogens with zero attached hydrogens (tertiary/aromatic N) is 2. The van der Waals surface area contributed by atoms with Crippen molar-refractivity contribution in [2.75, 3.05) is 0 Å². The first-order valence-corrected chi connectivity index (χ1v) is 5.86. The molecule has 78 valence electrons. The van der Waals surface area contributed by atoms with Gasteiger partial charge in [0, 0.05) is 4.47 Å². The monoisotopic (exact) mass is 273 g/mol. The Labute approximate surface area is 102 Å². The number of aromatic nitrogens is 2. The number of imidazole rings is 1. The van der Waals surface area contributed by atoms with Crippen LogP contribution < -0.4 is 4.57 Å². The summed E-state index contributed by atoms with van der Waals surface area (Å²) in [5, 5.41) is 0. The predicted molar refractivity (Wildman–Crippen MR) is 66.6 cm³/mol. The molecule has 0 bridgehead atoms. The molecule has 0 saturated carbocycles. The molecule has 0 N–H and O–H groups in total. The Bertz CT molecular complexity index is 593. The van der Waals surface area contributed by atoms with Crippen LogP contribution >= 0.6 is 15.9 Å². The van der Waals surface area contributed by atoms with Gasteiger partial charge in [0.25, 0.3) is 6.33 Å². The van der Waals surface area contributed by atoms with Crippen LogP contribution in [0.2, 0.25) is 0 Å². The number of rotatable bonds is 1. The quantitative estimate of drug-likeness (QED) is 0.603. The average Bonchev–Trinajstić information content (AvgIpc) is 2.73. The third-order valence-corrected chi connectivity index (χ3v) is 3.10. The molecule has 0 aliphatic rings. The molecular weight excluding hydrogens is 264 g/mol. The molecule has 0 unspecified atom stereocenters. The van der Waals surface area contributed by atoms with Gasteiger partial charge in [0.05, 0.1) is 6.20 Å². The van der Waals surface area contributed by atoms with E-state index in [1.54, 1.807) is 0 Å². The van der Waals surface area contributed by atoms with E-state index >= 15 is 0 Å². The molecule has 3 aromatic rings. The topological polar surface area (TPSA) is 8.29 Å². The molecule has 0 spiro atoms. The van der Waals surface area contributed by atoms with Gasteiger partial charge >= 0.3 is 0 Å². The molecule has 3 heteroatoms. The fourth-order valence-electron chi connectivity index (χ4n) is 1.75. The summed E-state index contributed by atoms with van der Waals surface area (Å²) in [6.07, 6.45) is 6.23. The van der Waals surface area contributed by atoms with Crippen molar-refractivity contribution < 1.29 is 4.57 Å². The van der Waals surface area contributed by atoms with E-state index in [1.807, 2.05) is 30.5 Å². The zero-order chi connectivity index (χ0) is 11.0. The number of halogens is 1. The number of fused-ring (bicyclic) bond motifs is 1. The fraction of sp³-hybridized carbons (Fsp3) is 0. The lowest BCUT2D eigenvalue weighted by Gasteiger charge is -1.94. The summed E-state index contributed by atoms with van der Waals surface area (Å²) in [5.74, 6) is 0. The lowest BCUT2D eigenvalue weighted by Crippen LogP contribution is -2.26. The number of pyridine rings is 1. The Balaban J connectivity index is 2.15. The van der Waals surface area contributed by atoms with Crippen molar-refractivity contribution in [3.05, 3.63) is 65.7 Å². The van der Waals surface area contributed by atoms with Crippen LogP contribution in [0.1, 0.15) is 0 Å². The summed E-state index contributed by atoms with van der Waals surface area (Å²) >= 11 is 3.44. The number of hydrogen-bond donors (Lipinski definition) is 0. The van der Waals surface area contributed by atoms with E-state index in [-0.39, 0.29) is 0 Å². The van der Waals surface area contributed by atoms with E-state index in [9.17, 15) is 0 Å². The zero-order valence-electron chi connectivity index (χ0n) is 8.55. The Kier molecular flexibility index (Phi) is 2.26. The lowest BCUT2D eigenvalue weighted by atomic mass is 10.3. The molecule has 0 saturated heterocycles. The van der Waals surface area contributed by atoms with Gasteiger partial charge in [-0.15, -0.1) is 0 Å². The number of benzene rings is 1. The summed E-state index contributed by atoms with van der Waals surface area (Å²) in [6, 6.07) is 14.4. The Morgan fingerprint density at radius 3 is 2.56 bits per heavy atom. The van der Waals surface area contributed by atoms with Gasteiger partial charge in [-0.25, -0.2) is 8.97 Å². The van der Waals surface area contributed by atoms with Crippen molar-refractivity contribution in [3.8, 4) is 5.69 Å². The van der Waals surface area contributed by atoms with E-state index in [0.717, 1.165) is 10.2 Å². The van der Waals surface area contributed by atoms with E-state index in [2.05, 4.69) is 55.6 Å². The highest BCUT2D eigenvalue weighted by atomic mass is 79.9. The van der Waals surface area contributed by atoms with E-state index in [4.69, 9.17) is 0 Å². The summed E-state index contributed by atoms with van der Waals surface area (Å²) in [5.41, 5.74) is 2.34. The summed E-state index contributed by atoms with van der Waals surface area (Å²) in [7, 11) is 0. The molecular formula is C13H10BrN2+. The second-order valence-electron chi connectivity index (χ2n) is 3.66. The molecule has 0 atom stereocenters. The zero-order valence-corrected chi connectivity index (χ0v) is 10.1. The number of hydrogen-bond acceptors (Lipinski definition) is 0. The summed E-state index contributed by atoms with van der Waals surface area (Å²) in [6.45, 7) is 0. The van der Waals surface area contributed by atoms with E-state index < -0.39 is 0 Å². The summed E-state index contributed by atoms with van der Waals surface area (Å²) in [4.78, 5) is 0. The Morgan fingerprint density at radius 2 is 1.81 bits per heavy atom. The van der Waals surface area contributed by atoms with Gasteiger partial charge in [-0.3, -0.25) is 0 Å². The predicted octanol–water partition coefficient (Wildman–Crippen LogP) is 2.98. The lowest BCUT2D eigenvalue weighted by molar-refractivity contribution is -0.594. The first-order chi connectivity index (χ1) is 7.83. The van der Waals surface area contributed by atoms with Crippen molar-refractivity contribution >= 4 is 21.4 Å². The Morgan fingerprint density at radius 1 is 1.00 bits per heavy atom. The third-order valence-electron chi connectivity index (χ3n) is 2.57. The van der Waals surface area contributed by atoms with Gasteiger partial charge in [-0.2, -0.15) is 0 Å². The highest BCUT2D eigenvalue weighted by Crippen LogP contribution is 2.11. The first-order valence-electron chi connectivity index (χ1n) is 5.07. The van der Waals surface area contributed by atoms with Gasteiger partial charge in [0.2, 0.25) is 0 Å². The van der Waals surface area contributed by atoms with Gasteiger partial charge in [0.15, 0.2) is 5.52 Å². The van der Waals surface area contributed by atoms with E-state index in [1.165, 1.54) is 5.52 Å². The summed E-state index contributed by atoms with van der Waals surface area (Å²) < 4.78 is 5.31. The minimum absolute atomic E-state index is 1.10. The van der Waals surface area contributed by atoms with Crippen LogP contribution in [-0.2, 0) is 0 Å². The van der Waals surface area contributed by atoms with Crippen LogP contribution in [0, 0.1) is 0 Å². The fourth-order valence-corrected chi connectivity index (χ4v) is 2.01. The molecule has 16 heavy (non-hydrogen) atoms. The van der Waals surface area contributed by atoms with Crippen molar-refractivity contribution in [1.29, 1.82) is 0 Å². The van der Waals surface area contributed by atoms with Crippen LogP contribution in [0.4, 0.5) is 0 Å². The maximum atomic E-state index is 3.44. The molecule has 0 radical (unpaired) electrons. The molecule has 0 fully saturated rings. The molecule has 2 nitrogen and oxygen atoms in total. The van der Waals surface area contributed by atoms with Gasteiger partial charge in [0.1, 0.15) is 11.9 Å². The maximum Gasteiger partial charge on any atom is 0.254 e. The van der Waals surface area contributed by atoms with Gasteiger partial charge < -0.3 is 0 Å². The SMILES string of the molecule is Brc1ccc(-[n+]2cc3ccccn3c2)cc1. The highest BCUT2D eigenvalue weighted by molar-refractivity contribution is 9.10. The van der Waals surface area contributed by atoms with Crippen LogP contribution in [-0.4, -0.2) is 4.40 Å². The largest absolute Gasteiger partial charge is 0.254 e. The van der Waals surface area contributed by atoms with Crippen LogP contribution in [0.15, 0.2) is 65.7 Å². The first kappa shape index (κ1) is 9.60. The molecule has 0 aliphatic carbocycles. The molecule has 2 heterocycles. The van der Waals surface area contributed by atoms with Crippen molar-refractivity contribution in [2.45, 2.75) is 0 Å². The van der Waals surface area contributed by atoms with Crippen LogP contribution in [0.5, 0.6) is 0 Å². The molecule has 0 aliphatic heterocycles. The van der Waals surface area contributed by atoms with Crippen molar-refractivity contribution in [3.63, 3.8) is 0 Å². The maximum absolute atomic E-state index is 3.44.